The molecule has 3 N–H and O–H groups in total. The number of ketones is 1. The Morgan fingerprint density at radius 1 is 1.17 bits per heavy atom. The molecule has 0 saturated carbocycles. The second-order valence-electron chi connectivity index (χ2n) is 7.13. The van der Waals surface area contributed by atoms with Gasteiger partial charge < -0.3 is 20.3 Å². The molecule has 0 amide bonds. The molecule has 146 valence electrons. The highest BCUT2D eigenvalue weighted by atomic mass is 16.5. The summed E-state index contributed by atoms with van der Waals surface area (Å²) >= 11 is 0. The molecule has 0 saturated heterocycles. The van der Waals surface area contributed by atoms with E-state index in [0.717, 1.165) is 5.56 Å². The van der Waals surface area contributed by atoms with Crippen LogP contribution in [0.2, 0.25) is 0 Å². The second-order valence-corrected chi connectivity index (χ2v) is 7.13. The van der Waals surface area contributed by atoms with E-state index in [-0.39, 0.29) is 34.7 Å². The SMILES string of the molecule is COc1cc(C2C(C#N)=C(N)OC3=C2C(=O)CC(c2ccccc2)C3)ccc1O. The summed E-state index contributed by atoms with van der Waals surface area (Å²) in [6, 6.07) is 16.7. The van der Waals surface area contributed by atoms with Gasteiger partial charge in [0.1, 0.15) is 17.4 Å². The number of aromatic hydroxyl groups is 1. The quantitative estimate of drug-likeness (QED) is 0.832. The first kappa shape index (κ1) is 18.6. The first-order valence-electron chi connectivity index (χ1n) is 9.29. The Morgan fingerprint density at radius 2 is 1.93 bits per heavy atom. The summed E-state index contributed by atoms with van der Waals surface area (Å²) in [7, 11) is 1.44. The minimum absolute atomic E-state index is 0.00445. The lowest BCUT2D eigenvalue weighted by molar-refractivity contribution is -0.117. The summed E-state index contributed by atoms with van der Waals surface area (Å²) in [5.74, 6) is 0.0201. The average molecular weight is 388 g/mol. The Labute approximate surface area is 168 Å². The van der Waals surface area contributed by atoms with E-state index in [0.29, 0.717) is 29.7 Å². The fourth-order valence-corrected chi connectivity index (χ4v) is 4.08. The zero-order chi connectivity index (χ0) is 20.5. The van der Waals surface area contributed by atoms with Crippen molar-refractivity contribution >= 4 is 5.78 Å². The van der Waals surface area contributed by atoms with E-state index in [9.17, 15) is 15.2 Å². The molecule has 2 aromatic carbocycles. The van der Waals surface area contributed by atoms with Gasteiger partial charge >= 0.3 is 0 Å². The van der Waals surface area contributed by atoms with Crippen LogP contribution in [0, 0.1) is 11.3 Å². The van der Waals surface area contributed by atoms with Gasteiger partial charge in [-0.1, -0.05) is 36.4 Å². The number of Topliss-reactive ketones (excluding diaryl/α,β-unsaturated/α-hetero) is 1. The van der Waals surface area contributed by atoms with Crippen molar-refractivity contribution in [1.29, 1.82) is 5.26 Å². The number of carbonyl (C=O) groups excluding carboxylic acids is 1. The van der Waals surface area contributed by atoms with Gasteiger partial charge in [0.2, 0.25) is 5.88 Å². The molecule has 1 aliphatic heterocycles. The van der Waals surface area contributed by atoms with E-state index in [2.05, 4.69) is 6.07 Å². The van der Waals surface area contributed by atoms with Crippen molar-refractivity contribution in [3.8, 4) is 17.6 Å². The minimum Gasteiger partial charge on any atom is -0.504 e. The number of allylic oxidation sites excluding steroid dienone is 3. The third-order valence-electron chi connectivity index (χ3n) is 5.47. The molecule has 1 heterocycles. The number of phenolic OH excluding ortho intramolecular Hbond substituents is 1. The highest BCUT2D eigenvalue weighted by molar-refractivity contribution is 6.00. The maximum absolute atomic E-state index is 13.2. The summed E-state index contributed by atoms with van der Waals surface area (Å²) in [6.45, 7) is 0. The third kappa shape index (κ3) is 3.21. The van der Waals surface area contributed by atoms with Gasteiger partial charge in [-0.2, -0.15) is 5.26 Å². The number of ether oxygens (including phenoxy) is 2. The van der Waals surface area contributed by atoms with Gasteiger partial charge in [-0.25, -0.2) is 0 Å². The maximum atomic E-state index is 13.2. The standard InChI is InChI=1S/C23H20N2O4/c1-28-19-10-14(7-8-17(19)26)21-16(12-24)23(25)29-20-11-15(9-18(27)22(20)21)13-5-3-2-4-6-13/h2-8,10,15,21,26H,9,11,25H2,1H3. The number of hydrogen-bond acceptors (Lipinski definition) is 6. The molecule has 0 aromatic heterocycles. The number of rotatable bonds is 3. The van der Waals surface area contributed by atoms with Gasteiger partial charge in [-0.15, -0.1) is 0 Å². The first-order chi connectivity index (χ1) is 14.0. The predicted molar refractivity (Wildman–Crippen MR) is 106 cm³/mol. The van der Waals surface area contributed by atoms with Crippen LogP contribution in [0.15, 0.2) is 71.3 Å². The van der Waals surface area contributed by atoms with Gasteiger partial charge in [0, 0.05) is 18.4 Å². The smallest absolute Gasteiger partial charge is 0.205 e. The molecule has 2 aliphatic rings. The molecule has 6 heteroatoms. The Bertz CT molecular complexity index is 1080. The molecule has 0 bridgehead atoms. The van der Waals surface area contributed by atoms with Crippen molar-refractivity contribution in [2.24, 2.45) is 5.73 Å². The third-order valence-corrected chi connectivity index (χ3v) is 5.47. The summed E-state index contributed by atoms with van der Waals surface area (Å²) in [5.41, 5.74) is 8.40. The highest BCUT2D eigenvalue weighted by Crippen LogP contribution is 2.47. The summed E-state index contributed by atoms with van der Waals surface area (Å²) in [5, 5.41) is 19.6. The van der Waals surface area contributed by atoms with Crippen LogP contribution in [0.3, 0.4) is 0 Å². The lowest BCUT2D eigenvalue weighted by Gasteiger charge is -2.34. The van der Waals surface area contributed by atoms with E-state index >= 15 is 0 Å². The van der Waals surface area contributed by atoms with E-state index < -0.39 is 5.92 Å². The molecule has 6 nitrogen and oxygen atoms in total. The maximum Gasteiger partial charge on any atom is 0.205 e. The van der Waals surface area contributed by atoms with Crippen LogP contribution < -0.4 is 10.5 Å². The first-order valence-corrected chi connectivity index (χ1v) is 9.29. The molecular formula is C23H20N2O4. The Hall–Kier alpha value is -3.72. The molecule has 2 aromatic rings. The molecule has 4 rings (SSSR count). The minimum atomic E-state index is -0.650. The van der Waals surface area contributed by atoms with E-state index in [1.165, 1.54) is 13.2 Å². The van der Waals surface area contributed by atoms with Crippen LogP contribution >= 0.6 is 0 Å². The van der Waals surface area contributed by atoms with Crippen molar-refractivity contribution in [3.05, 3.63) is 82.4 Å². The van der Waals surface area contributed by atoms with Crippen LogP contribution in [0.4, 0.5) is 0 Å². The number of nitrogens with two attached hydrogens (primary N) is 1. The van der Waals surface area contributed by atoms with Gasteiger partial charge in [0.05, 0.1) is 13.0 Å². The van der Waals surface area contributed by atoms with Crippen molar-refractivity contribution < 1.29 is 19.4 Å². The second kappa shape index (κ2) is 7.36. The van der Waals surface area contributed by atoms with Crippen LogP contribution in [-0.4, -0.2) is 18.0 Å². The number of benzene rings is 2. The molecule has 1 aliphatic carbocycles. The number of hydrogen-bond donors (Lipinski definition) is 2. The van der Waals surface area contributed by atoms with Gasteiger partial charge in [-0.3, -0.25) is 4.79 Å². The lowest BCUT2D eigenvalue weighted by atomic mass is 9.73. The highest BCUT2D eigenvalue weighted by Gasteiger charge is 2.41. The predicted octanol–water partition coefficient (Wildman–Crippen LogP) is 3.61. The molecule has 0 fully saturated rings. The number of nitriles is 1. The zero-order valence-corrected chi connectivity index (χ0v) is 15.9. The van der Waals surface area contributed by atoms with Crippen LogP contribution in [0.25, 0.3) is 0 Å². The van der Waals surface area contributed by atoms with E-state index in [1.54, 1.807) is 12.1 Å². The zero-order valence-electron chi connectivity index (χ0n) is 15.9. The fourth-order valence-electron chi connectivity index (χ4n) is 4.08. The van der Waals surface area contributed by atoms with Crippen molar-refractivity contribution in [1.82, 2.24) is 0 Å². The Balaban J connectivity index is 1.81. The Kier molecular flexibility index (Phi) is 4.73. The fraction of sp³-hybridized carbons (Fsp3) is 0.217. The van der Waals surface area contributed by atoms with Crippen LogP contribution in [0.5, 0.6) is 11.5 Å². The van der Waals surface area contributed by atoms with E-state index in [1.807, 2.05) is 30.3 Å². The summed E-state index contributed by atoms with van der Waals surface area (Å²) in [4.78, 5) is 13.2. The number of nitrogens with zero attached hydrogens (tertiary/aromatic N) is 1. The molecule has 2 atom stereocenters. The molecular weight excluding hydrogens is 368 g/mol. The lowest BCUT2D eigenvalue weighted by Crippen LogP contribution is -2.29. The van der Waals surface area contributed by atoms with E-state index in [4.69, 9.17) is 15.2 Å². The number of carbonyl (C=O) groups is 1. The summed E-state index contributed by atoms with van der Waals surface area (Å²) < 4.78 is 11.0. The topological polar surface area (TPSA) is 106 Å². The molecule has 0 radical (unpaired) electrons. The van der Waals surface area contributed by atoms with Crippen molar-refractivity contribution in [3.63, 3.8) is 0 Å². The van der Waals surface area contributed by atoms with Crippen molar-refractivity contribution in [2.75, 3.05) is 7.11 Å². The van der Waals surface area contributed by atoms with Gasteiger partial charge in [0.15, 0.2) is 17.3 Å². The average Bonchev–Trinajstić information content (AvgIpc) is 2.73. The Morgan fingerprint density at radius 3 is 2.62 bits per heavy atom. The van der Waals surface area contributed by atoms with Crippen molar-refractivity contribution in [2.45, 2.75) is 24.7 Å². The van der Waals surface area contributed by atoms with Crippen LogP contribution in [-0.2, 0) is 9.53 Å². The summed E-state index contributed by atoms with van der Waals surface area (Å²) in [6.07, 6.45) is 0.854. The molecule has 0 spiro atoms. The molecule has 2 unspecified atom stereocenters. The number of methoxy groups -OCH3 is 1. The monoisotopic (exact) mass is 388 g/mol. The largest absolute Gasteiger partial charge is 0.504 e. The normalized spacial score (nSPS) is 21.3. The molecule has 29 heavy (non-hydrogen) atoms. The van der Waals surface area contributed by atoms with Gasteiger partial charge in [-0.05, 0) is 29.2 Å². The van der Waals surface area contributed by atoms with Gasteiger partial charge in [0.25, 0.3) is 0 Å². The number of phenols is 1. The van der Waals surface area contributed by atoms with Crippen LogP contribution in [0.1, 0.15) is 35.8 Å².